The molecule has 150 valence electrons. The molecule has 0 spiro atoms. The maximum absolute atomic E-state index is 2.46. The summed E-state index contributed by atoms with van der Waals surface area (Å²) in [6.07, 6.45) is 27.8. The summed E-state index contributed by atoms with van der Waals surface area (Å²) in [6, 6.07) is 0. The van der Waals surface area contributed by atoms with Crippen molar-refractivity contribution >= 4 is 0 Å². The van der Waals surface area contributed by atoms with Crippen LogP contribution < -0.4 is 28.9 Å². The number of halogens is 1. The normalized spacial score (nSPS) is 16.4. The van der Waals surface area contributed by atoms with Crippen LogP contribution in [0, 0.1) is 0 Å². The van der Waals surface area contributed by atoms with E-state index in [1.54, 1.807) is 0 Å². The zero-order chi connectivity index (χ0) is 17.3. The summed E-state index contributed by atoms with van der Waals surface area (Å²) in [5.74, 6) is 0. The number of hydrogen-bond acceptors (Lipinski definition) is 1. The fourth-order valence-electron chi connectivity index (χ4n) is 3.67. The molecule has 1 N–H and O–H groups in total. The lowest BCUT2D eigenvalue weighted by Crippen LogP contribution is -3.03. The van der Waals surface area contributed by atoms with Gasteiger partial charge in [0, 0.05) is 6.54 Å². The standard InChI is InChI=1S/C22H44N2.HI/c1-3-4-5-6-7-8-9-10-11-12-13-14-15-16-17-18-19-24-21-20-23(2)22-24;/h20-21H,3-19,22H2,1-2H3;1H. The Morgan fingerprint density at radius 3 is 1.44 bits per heavy atom. The molecule has 0 saturated heterocycles. The maximum atomic E-state index is 2.46. The highest BCUT2D eigenvalue weighted by atomic mass is 127. The predicted molar refractivity (Wildman–Crippen MR) is 107 cm³/mol. The molecule has 0 radical (unpaired) electrons. The first-order chi connectivity index (χ1) is 11.8. The van der Waals surface area contributed by atoms with E-state index in [2.05, 4.69) is 31.3 Å². The van der Waals surface area contributed by atoms with Crippen LogP contribution in [-0.2, 0) is 0 Å². The van der Waals surface area contributed by atoms with Crippen molar-refractivity contribution in [1.82, 2.24) is 4.90 Å². The molecule has 0 aromatic carbocycles. The van der Waals surface area contributed by atoms with Crippen molar-refractivity contribution in [2.24, 2.45) is 0 Å². The summed E-state index contributed by atoms with van der Waals surface area (Å²) in [4.78, 5) is 3.96. The highest BCUT2D eigenvalue weighted by Gasteiger charge is 2.11. The zero-order valence-corrected chi connectivity index (χ0v) is 19.4. The summed E-state index contributed by atoms with van der Waals surface area (Å²) >= 11 is 0. The van der Waals surface area contributed by atoms with E-state index in [4.69, 9.17) is 0 Å². The van der Waals surface area contributed by atoms with Crippen molar-refractivity contribution in [2.45, 2.75) is 110 Å². The molecule has 0 aromatic rings. The molecule has 1 heterocycles. The largest absolute Gasteiger partial charge is 1.00 e. The lowest BCUT2D eigenvalue weighted by molar-refractivity contribution is -0.826. The first-order valence-electron chi connectivity index (χ1n) is 11.1. The number of nitrogens with one attached hydrogen (secondary N) is 1. The van der Waals surface area contributed by atoms with Crippen LogP contribution in [0.15, 0.2) is 12.4 Å². The third-order valence-corrected chi connectivity index (χ3v) is 5.32. The topological polar surface area (TPSA) is 7.68 Å². The van der Waals surface area contributed by atoms with Gasteiger partial charge < -0.3 is 28.9 Å². The first-order valence-corrected chi connectivity index (χ1v) is 11.1. The minimum Gasteiger partial charge on any atom is -1.00 e. The van der Waals surface area contributed by atoms with Gasteiger partial charge in [-0.15, -0.1) is 0 Å². The highest BCUT2D eigenvalue weighted by Crippen LogP contribution is 2.13. The van der Waals surface area contributed by atoms with Crippen LogP contribution in [0.25, 0.3) is 0 Å². The molecular formula is C22H45IN2. The minimum absolute atomic E-state index is 0. The Balaban J connectivity index is 0.00000576. The Morgan fingerprint density at radius 1 is 0.680 bits per heavy atom. The van der Waals surface area contributed by atoms with Gasteiger partial charge in [-0.2, -0.15) is 0 Å². The number of nitrogens with zero attached hydrogens (tertiary/aromatic N) is 1. The summed E-state index contributed by atoms with van der Waals surface area (Å²) in [5, 5.41) is 0. The molecule has 0 bridgehead atoms. The molecule has 1 atom stereocenters. The lowest BCUT2D eigenvalue weighted by atomic mass is 10.0. The van der Waals surface area contributed by atoms with Gasteiger partial charge in [0.05, 0.1) is 13.2 Å². The van der Waals surface area contributed by atoms with Gasteiger partial charge in [0.1, 0.15) is 6.20 Å². The number of quaternary nitrogens is 1. The minimum atomic E-state index is 0. The average molecular weight is 465 g/mol. The van der Waals surface area contributed by atoms with Crippen molar-refractivity contribution < 1.29 is 28.9 Å². The van der Waals surface area contributed by atoms with E-state index >= 15 is 0 Å². The second-order valence-corrected chi connectivity index (χ2v) is 7.94. The van der Waals surface area contributed by atoms with Crippen molar-refractivity contribution in [3.8, 4) is 0 Å². The van der Waals surface area contributed by atoms with Crippen molar-refractivity contribution in [3.05, 3.63) is 12.4 Å². The Kier molecular flexibility index (Phi) is 19.2. The van der Waals surface area contributed by atoms with Gasteiger partial charge in [0.25, 0.3) is 0 Å². The van der Waals surface area contributed by atoms with E-state index in [1.807, 2.05) is 0 Å². The van der Waals surface area contributed by atoms with Gasteiger partial charge >= 0.3 is 0 Å². The molecule has 3 heteroatoms. The van der Waals surface area contributed by atoms with Gasteiger partial charge in [-0.1, -0.05) is 103 Å². The third kappa shape index (κ3) is 16.1. The van der Waals surface area contributed by atoms with Crippen LogP contribution in [-0.4, -0.2) is 25.2 Å². The summed E-state index contributed by atoms with van der Waals surface area (Å²) in [6.45, 7) is 4.72. The van der Waals surface area contributed by atoms with E-state index < -0.39 is 0 Å². The Labute approximate surface area is 175 Å². The number of rotatable bonds is 17. The van der Waals surface area contributed by atoms with Crippen LogP contribution in [0.5, 0.6) is 0 Å². The molecule has 1 aliphatic rings. The average Bonchev–Trinajstić information content (AvgIpc) is 3.00. The zero-order valence-electron chi connectivity index (χ0n) is 17.2. The van der Waals surface area contributed by atoms with Gasteiger partial charge in [-0.25, -0.2) is 0 Å². The molecule has 0 aliphatic carbocycles. The van der Waals surface area contributed by atoms with E-state index in [9.17, 15) is 0 Å². The molecule has 0 aromatic heterocycles. The highest BCUT2D eigenvalue weighted by molar-refractivity contribution is 4.77. The molecule has 0 amide bonds. The Hall–Kier alpha value is 0.230. The molecule has 0 fully saturated rings. The van der Waals surface area contributed by atoms with Crippen LogP contribution in [0.2, 0.25) is 0 Å². The third-order valence-electron chi connectivity index (χ3n) is 5.32. The first kappa shape index (κ1) is 25.2. The fourth-order valence-corrected chi connectivity index (χ4v) is 3.67. The fraction of sp³-hybridized carbons (Fsp3) is 0.909. The molecule has 1 unspecified atom stereocenters. The summed E-state index contributed by atoms with van der Waals surface area (Å²) in [7, 11) is 2.23. The van der Waals surface area contributed by atoms with Gasteiger partial charge in [-0.3, -0.25) is 4.90 Å². The number of hydrogen-bond donors (Lipinski definition) is 1. The number of unbranched alkanes of at least 4 members (excludes halogenated alkanes) is 15. The molecule has 1 aliphatic heterocycles. The van der Waals surface area contributed by atoms with Crippen molar-refractivity contribution in [2.75, 3.05) is 20.3 Å². The van der Waals surface area contributed by atoms with Crippen molar-refractivity contribution in [1.29, 1.82) is 0 Å². The van der Waals surface area contributed by atoms with Crippen LogP contribution in [0.3, 0.4) is 0 Å². The van der Waals surface area contributed by atoms with Crippen LogP contribution >= 0.6 is 0 Å². The Bertz CT molecular complexity index is 294. The monoisotopic (exact) mass is 464 g/mol. The summed E-state index contributed by atoms with van der Waals surface area (Å²) in [5.41, 5.74) is 0. The van der Waals surface area contributed by atoms with Gasteiger partial charge in [-0.05, 0) is 6.42 Å². The predicted octanol–water partition coefficient (Wildman–Crippen LogP) is 2.51. The molecular weight excluding hydrogens is 419 g/mol. The van der Waals surface area contributed by atoms with E-state index in [-0.39, 0.29) is 24.0 Å². The quantitative estimate of drug-likeness (QED) is 0.257. The maximum Gasteiger partial charge on any atom is 0.156 e. The second-order valence-electron chi connectivity index (χ2n) is 7.94. The molecule has 0 saturated carbocycles. The Morgan fingerprint density at radius 2 is 1.08 bits per heavy atom. The second kappa shape index (κ2) is 19.0. The molecule has 2 nitrogen and oxygen atoms in total. The van der Waals surface area contributed by atoms with Crippen molar-refractivity contribution in [3.63, 3.8) is 0 Å². The molecule has 1 rings (SSSR count). The summed E-state index contributed by atoms with van der Waals surface area (Å²) < 4.78 is 0. The van der Waals surface area contributed by atoms with Crippen LogP contribution in [0.4, 0.5) is 0 Å². The van der Waals surface area contributed by atoms with E-state index in [0.29, 0.717) is 0 Å². The smallest absolute Gasteiger partial charge is 0.156 e. The van der Waals surface area contributed by atoms with Crippen LogP contribution in [0.1, 0.15) is 110 Å². The lowest BCUT2D eigenvalue weighted by Gasteiger charge is -2.14. The van der Waals surface area contributed by atoms with Gasteiger partial charge in [0.2, 0.25) is 0 Å². The van der Waals surface area contributed by atoms with E-state index in [1.165, 1.54) is 121 Å². The van der Waals surface area contributed by atoms with E-state index in [0.717, 1.165) is 0 Å². The van der Waals surface area contributed by atoms with Gasteiger partial charge in [0.15, 0.2) is 6.67 Å². The molecule has 25 heavy (non-hydrogen) atoms. The SMILES string of the molecule is CCCCCCCCCCCCCCCCCCN1C=C[NH+](C)C1.[I-].